The quantitative estimate of drug-likeness (QED) is 0.744. The zero-order chi connectivity index (χ0) is 10.7. The Balaban J connectivity index is 2.37. The molecule has 1 radical (unpaired) electrons. The monoisotopic (exact) mass is 199 g/mol. The normalized spacial score (nSPS) is 10.0. The molecule has 0 spiro atoms. The molecule has 2 aromatic rings. The Hall–Kier alpha value is -1.90. The summed E-state index contributed by atoms with van der Waals surface area (Å²) in [6.07, 6.45) is 5.26. The average molecular weight is 199 g/mol. The Labute approximate surface area is 88.8 Å². The van der Waals surface area contributed by atoms with E-state index in [0.29, 0.717) is 5.75 Å². The van der Waals surface area contributed by atoms with Gasteiger partial charge in [0.05, 0.1) is 19.0 Å². The van der Waals surface area contributed by atoms with Crippen molar-refractivity contribution in [3.8, 4) is 17.0 Å². The fraction of sp³-hybridized carbons (Fsp3) is 0.167. The van der Waals surface area contributed by atoms with Gasteiger partial charge >= 0.3 is 0 Å². The maximum absolute atomic E-state index is 5.02. The summed E-state index contributed by atoms with van der Waals surface area (Å²) in [5.74, 6) is 0.708. The van der Waals surface area contributed by atoms with Crippen molar-refractivity contribution < 1.29 is 4.74 Å². The molecule has 0 atom stereocenters. The van der Waals surface area contributed by atoms with Crippen molar-refractivity contribution in [2.24, 2.45) is 0 Å². The standard InChI is InChI=1S/C12H11N2O/c1-9-5-10(7-13-6-9)12-4-3-11(15-2)8-14-12/h3,5-8H,1-2H3. The van der Waals surface area contributed by atoms with Crippen LogP contribution in [0.2, 0.25) is 0 Å². The van der Waals surface area contributed by atoms with Gasteiger partial charge in [-0.3, -0.25) is 9.97 Å². The molecular formula is C12H11N2O. The van der Waals surface area contributed by atoms with E-state index in [4.69, 9.17) is 4.74 Å². The van der Waals surface area contributed by atoms with Crippen LogP contribution in [0.15, 0.2) is 30.7 Å². The van der Waals surface area contributed by atoms with E-state index < -0.39 is 0 Å². The number of aromatic nitrogens is 2. The molecule has 0 saturated carbocycles. The van der Waals surface area contributed by atoms with Crippen LogP contribution in [0.3, 0.4) is 0 Å². The molecule has 0 aromatic carbocycles. The van der Waals surface area contributed by atoms with E-state index in [-0.39, 0.29) is 0 Å². The molecule has 2 heterocycles. The second-order valence-corrected chi connectivity index (χ2v) is 3.25. The van der Waals surface area contributed by atoms with Crippen molar-refractivity contribution >= 4 is 0 Å². The first-order valence-corrected chi connectivity index (χ1v) is 4.63. The molecule has 0 N–H and O–H groups in total. The molecule has 2 rings (SSSR count). The second-order valence-electron chi connectivity index (χ2n) is 3.25. The summed E-state index contributed by atoms with van der Waals surface area (Å²) in [6, 6.07) is 6.85. The number of pyridine rings is 2. The third-order valence-corrected chi connectivity index (χ3v) is 2.06. The lowest BCUT2D eigenvalue weighted by molar-refractivity contribution is 0.413. The topological polar surface area (TPSA) is 35.0 Å². The van der Waals surface area contributed by atoms with Crippen molar-refractivity contribution in [1.82, 2.24) is 9.97 Å². The molecule has 15 heavy (non-hydrogen) atoms. The number of methoxy groups -OCH3 is 1. The van der Waals surface area contributed by atoms with Crippen LogP contribution in [0.4, 0.5) is 0 Å². The largest absolute Gasteiger partial charge is 0.495 e. The highest BCUT2D eigenvalue weighted by Crippen LogP contribution is 2.18. The van der Waals surface area contributed by atoms with Gasteiger partial charge in [-0.05, 0) is 24.6 Å². The lowest BCUT2D eigenvalue weighted by Gasteiger charge is -2.02. The lowest BCUT2D eigenvalue weighted by Crippen LogP contribution is -1.88. The predicted octanol–water partition coefficient (Wildman–Crippen LogP) is 2.26. The molecule has 0 saturated heterocycles. The van der Waals surface area contributed by atoms with Gasteiger partial charge in [0, 0.05) is 24.0 Å². The van der Waals surface area contributed by atoms with Gasteiger partial charge in [0.2, 0.25) is 0 Å². The van der Waals surface area contributed by atoms with Crippen LogP contribution in [0, 0.1) is 13.0 Å². The molecule has 2 aromatic heterocycles. The van der Waals surface area contributed by atoms with E-state index in [1.807, 2.05) is 19.2 Å². The third-order valence-electron chi connectivity index (χ3n) is 2.06. The molecule has 0 bridgehead atoms. The number of ether oxygens (including phenoxy) is 1. The van der Waals surface area contributed by atoms with Crippen LogP contribution in [-0.2, 0) is 0 Å². The van der Waals surface area contributed by atoms with Crippen LogP contribution in [0.5, 0.6) is 5.75 Å². The van der Waals surface area contributed by atoms with Crippen molar-refractivity contribution in [1.29, 1.82) is 0 Å². The smallest absolute Gasteiger partial charge is 0.137 e. The highest BCUT2D eigenvalue weighted by Gasteiger charge is 2.00. The van der Waals surface area contributed by atoms with Crippen molar-refractivity contribution in [2.75, 3.05) is 7.11 Å². The molecule has 0 aliphatic carbocycles. The molecule has 0 aliphatic heterocycles. The molecule has 0 amide bonds. The molecule has 75 valence electrons. The van der Waals surface area contributed by atoms with E-state index in [9.17, 15) is 0 Å². The first-order valence-electron chi connectivity index (χ1n) is 4.63. The van der Waals surface area contributed by atoms with Gasteiger partial charge in [-0.1, -0.05) is 0 Å². The minimum absolute atomic E-state index is 0.708. The molecular weight excluding hydrogens is 188 g/mol. The summed E-state index contributed by atoms with van der Waals surface area (Å²) in [7, 11) is 1.61. The number of nitrogens with zero attached hydrogens (tertiary/aromatic N) is 2. The van der Waals surface area contributed by atoms with E-state index in [1.165, 1.54) is 0 Å². The lowest BCUT2D eigenvalue weighted by atomic mass is 10.1. The number of rotatable bonds is 2. The van der Waals surface area contributed by atoms with Gasteiger partial charge in [-0.25, -0.2) is 0 Å². The summed E-state index contributed by atoms with van der Waals surface area (Å²) in [5.41, 5.74) is 2.86. The van der Waals surface area contributed by atoms with Crippen molar-refractivity contribution in [3.05, 3.63) is 42.4 Å². The van der Waals surface area contributed by atoms with E-state index in [1.54, 1.807) is 25.6 Å². The minimum Gasteiger partial charge on any atom is -0.495 e. The number of hydrogen-bond acceptors (Lipinski definition) is 3. The van der Waals surface area contributed by atoms with E-state index in [0.717, 1.165) is 16.8 Å². The van der Waals surface area contributed by atoms with Crippen molar-refractivity contribution in [3.63, 3.8) is 0 Å². The van der Waals surface area contributed by atoms with Crippen LogP contribution < -0.4 is 4.74 Å². The van der Waals surface area contributed by atoms with Gasteiger partial charge in [0.1, 0.15) is 5.75 Å². The maximum Gasteiger partial charge on any atom is 0.137 e. The molecule has 3 heteroatoms. The van der Waals surface area contributed by atoms with Crippen LogP contribution >= 0.6 is 0 Å². The molecule has 0 fully saturated rings. The van der Waals surface area contributed by atoms with Crippen LogP contribution in [-0.4, -0.2) is 17.1 Å². The summed E-state index contributed by atoms with van der Waals surface area (Å²) in [6.45, 7) is 2.00. The Morgan fingerprint density at radius 2 is 2.13 bits per heavy atom. The zero-order valence-electron chi connectivity index (χ0n) is 8.69. The molecule has 0 unspecified atom stereocenters. The Morgan fingerprint density at radius 1 is 1.27 bits per heavy atom. The number of aryl methyl sites for hydroxylation is 1. The third kappa shape index (κ3) is 2.13. The predicted molar refractivity (Wildman–Crippen MR) is 57.6 cm³/mol. The Bertz CT molecular complexity index is 451. The Morgan fingerprint density at radius 3 is 2.73 bits per heavy atom. The summed E-state index contributed by atoms with van der Waals surface area (Å²) < 4.78 is 5.02. The maximum atomic E-state index is 5.02. The van der Waals surface area contributed by atoms with Gasteiger partial charge in [0.15, 0.2) is 0 Å². The first kappa shape index (κ1) is 9.65. The van der Waals surface area contributed by atoms with E-state index in [2.05, 4.69) is 16.0 Å². The van der Waals surface area contributed by atoms with Gasteiger partial charge < -0.3 is 4.74 Å². The van der Waals surface area contributed by atoms with E-state index >= 15 is 0 Å². The van der Waals surface area contributed by atoms with Crippen LogP contribution in [0.1, 0.15) is 5.56 Å². The second kappa shape index (κ2) is 4.09. The van der Waals surface area contributed by atoms with Gasteiger partial charge in [-0.15, -0.1) is 0 Å². The summed E-state index contributed by atoms with van der Waals surface area (Å²) in [5, 5.41) is 0. The minimum atomic E-state index is 0.708. The first-order chi connectivity index (χ1) is 7.29. The SMILES string of the molecule is COc1c[c]c(-c2cncc(C)c2)nc1. The summed E-state index contributed by atoms with van der Waals surface area (Å²) >= 11 is 0. The highest BCUT2D eigenvalue weighted by atomic mass is 16.5. The van der Waals surface area contributed by atoms with Gasteiger partial charge in [-0.2, -0.15) is 0 Å². The fourth-order valence-corrected chi connectivity index (χ4v) is 1.30. The molecule has 0 aliphatic rings. The Kier molecular flexibility index (Phi) is 2.63. The highest BCUT2D eigenvalue weighted by molar-refractivity contribution is 5.58. The van der Waals surface area contributed by atoms with Gasteiger partial charge in [0.25, 0.3) is 0 Å². The number of hydrogen-bond donors (Lipinski definition) is 0. The average Bonchev–Trinajstić information content (AvgIpc) is 2.29. The van der Waals surface area contributed by atoms with Crippen LogP contribution in [0.25, 0.3) is 11.3 Å². The zero-order valence-corrected chi connectivity index (χ0v) is 8.69. The summed E-state index contributed by atoms with van der Waals surface area (Å²) in [4.78, 5) is 8.35. The molecule has 3 nitrogen and oxygen atoms in total. The fourth-order valence-electron chi connectivity index (χ4n) is 1.30. The van der Waals surface area contributed by atoms with Crippen molar-refractivity contribution in [2.45, 2.75) is 6.92 Å².